The lowest BCUT2D eigenvalue weighted by atomic mass is 10.1. The highest BCUT2D eigenvalue weighted by Crippen LogP contribution is 2.37. The molecule has 2 aromatic carbocycles. The Hall–Kier alpha value is -2.15. The van der Waals surface area contributed by atoms with Crippen molar-refractivity contribution in [3.8, 4) is 0 Å². The van der Waals surface area contributed by atoms with Crippen LogP contribution < -0.4 is 10.6 Å². The molecule has 1 heterocycles. The zero-order valence-electron chi connectivity index (χ0n) is 15.7. The predicted molar refractivity (Wildman–Crippen MR) is 123 cm³/mol. The first-order valence-corrected chi connectivity index (χ1v) is 10.6. The summed E-state index contributed by atoms with van der Waals surface area (Å²) in [5.74, 6) is -0.429. The van der Waals surface area contributed by atoms with Crippen LogP contribution in [0.25, 0.3) is 10.1 Å². The molecule has 3 aromatic rings. The van der Waals surface area contributed by atoms with E-state index in [1.54, 1.807) is 0 Å². The largest absolute Gasteiger partial charge is 0.465 e. The van der Waals surface area contributed by atoms with Gasteiger partial charge in [-0.3, -0.25) is 0 Å². The standard InChI is InChI=1S/C21H21ClN2O2S2/c1-3-4-7-13-8-5-6-9-16(13)24-21(27)23-14-10-11-15-17(12-14)28-19(18(15)22)20(25)26-2/h5-6,8-12H,3-4,7H2,1-2H3,(H2,23,24,27). The molecule has 0 aliphatic rings. The first-order chi connectivity index (χ1) is 13.5. The van der Waals surface area contributed by atoms with Crippen molar-refractivity contribution in [3.63, 3.8) is 0 Å². The minimum Gasteiger partial charge on any atom is -0.465 e. The average molecular weight is 433 g/mol. The fourth-order valence-electron chi connectivity index (χ4n) is 2.88. The Balaban J connectivity index is 1.76. The van der Waals surface area contributed by atoms with Crippen LogP contribution in [0.4, 0.5) is 11.4 Å². The van der Waals surface area contributed by atoms with Crippen molar-refractivity contribution in [1.82, 2.24) is 0 Å². The highest BCUT2D eigenvalue weighted by Gasteiger charge is 2.17. The summed E-state index contributed by atoms with van der Waals surface area (Å²) in [6, 6.07) is 13.9. The molecule has 0 fully saturated rings. The molecule has 28 heavy (non-hydrogen) atoms. The van der Waals surface area contributed by atoms with E-state index in [-0.39, 0.29) is 0 Å². The molecule has 0 unspecified atom stereocenters. The maximum absolute atomic E-state index is 11.8. The zero-order chi connectivity index (χ0) is 20.1. The van der Waals surface area contributed by atoms with Gasteiger partial charge in [-0.15, -0.1) is 11.3 Å². The van der Waals surface area contributed by atoms with Crippen molar-refractivity contribution in [3.05, 3.63) is 57.9 Å². The Kier molecular flexibility index (Phi) is 6.88. The summed E-state index contributed by atoms with van der Waals surface area (Å²) in [4.78, 5) is 12.2. The van der Waals surface area contributed by atoms with Crippen molar-refractivity contribution in [2.75, 3.05) is 17.7 Å². The van der Waals surface area contributed by atoms with E-state index in [0.717, 1.165) is 40.7 Å². The molecule has 0 saturated carbocycles. The molecular formula is C21H21ClN2O2S2. The summed E-state index contributed by atoms with van der Waals surface area (Å²) in [6.07, 6.45) is 3.30. The van der Waals surface area contributed by atoms with E-state index in [1.807, 2.05) is 36.4 Å². The summed E-state index contributed by atoms with van der Waals surface area (Å²) in [7, 11) is 1.35. The number of hydrogen-bond acceptors (Lipinski definition) is 4. The van der Waals surface area contributed by atoms with E-state index < -0.39 is 5.97 Å². The van der Waals surface area contributed by atoms with Gasteiger partial charge in [-0.1, -0.05) is 43.1 Å². The molecule has 146 valence electrons. The topological polar surface area (TPSA) is 50.4 Å². The van der Waals surface area contributed by atoms with E-state index in [2.05, 4.69) is 23.6 Å². The van der Waals surface area contributed by atoms with Gasteiger partial charge in [-0.05, 0) is 54.9 Å². The number of hydrogen-bond donors (Lipinski definition) is 2. The SMILES string of the molecule is CCCCc1ccccc1NC(=S)Nc1ccc2c(Cl)c(C(=O)OC)sc2c1. The molecule has 0 aliphatic carbocycles. The molecule has 3 rings (SSSR count). The number of carbonyl (C=O) groups is 1. The first-order valence-electron chi connectivity index (χ1n) is 8.99. The van der Waals surface area contributed by atoms with Gasteiger partial charge in [0, 0.05) is 21.5 Å². The Morgan fingerprint density at radius 1 is 1.21 bits per heavy atom. The maximum Gasteiger partial charge on any atom is 0.349 e. The van der Waals surface area contributed by atoms with Gasteiger partial charge in [0.05, 0.1) is 12.1 Å². The third-order valence-corrected chi connectivity index (χ3v) is 6.16. The molecule has 0 spiro atoms. The minimum absolute atomic E-state index is 0.405. The number of rotatable bonds is 6. The summed E-state index contributed by atoms with van der Waals surface area (Å²) in [6.45, 7) is 2.18. The molecule has 0 radical (unpaired) electrons. The van der Waals surface area contributed by atoms with E-state index >= 15 is 0 Å². The van der Waals surface area contributed by atoms with Crippen LogP contribution in [-0.2, 0) is 11.2 Å². The number of anilines is 2. The number of unbranched alkanes of at least 4 members (excludes halogenated alkanes) is 1. The number of halogens is 1. The van der Waals surface area contributed by atoms with Crippen molar-refractivity contribution in [2.24, 2.45) is 0 Å². The van der Waals surface area contributed by atoms with E-state index in [0.29, 0.717) is 15.0 Å². The summed E-state index contributed by atoms with van der Waals surface area (Å²) >= 11 is 13.1. The molecule has 0 atom stereocenters. The van der Waals surface area contributed by atoms with Gasteiger partial charge in [0.1, 0.15) is 4.88 Å². The Morgan fingerprint density at radius 2 is 2.00 bits per heavy atom. The molecule has 2 N–H and O–H groups in total. The Morgan fingerprint density at radius 3 is 2.75 bits per heavy atom. The van der Waals surface area contributed by atoms with Crippen LogP contribution in [0.1, 0.15) is 35.0 Å². The van der Waals surface area contributed by atoms with E-state index in [4.69, 9.17) is 28.6 Å². The lowest BCUT2D eigenvalue weighted by Gasteiger charge is -2.14. The molecule has 0 aliphatic heterocycles. The number of carbonyl (C=O) groups excluding carboxylic acids is 1. The number of nitrogens with one attached hydrogen (secondary N) is 2. The number of thiophene rings is 1. The molecule has 0 bridgehead atoms. The van der Waals surface area contributed by atoms with Gasteiger partial charge < -0.3 is 15.4 Å². The van der Waals surface area contributed by atoms with Gasteiger partial charge in [-0.2, -0.15) is 0 Å². The van der Waals surface area contributed by atoms with Gasteiger partial charge in [0.2, 0.25) is 0 Å². The minimum atomic E-state index is -0.429. The maximum atomic E-state index is 11.8. The molecule has 0 amide bonds. The predicted octanol–water partition coefficient (Wildman–Crippen LogP) is 6.49. The highest BCUT2D eigenvalue weighted by molar-refractivity contribution is 7.80. The lowest BCUT2D eigenvalue weighted by molar-refractivity contribution is 0.0606. The monoisotopic (exact) mass is 432 g/mol. The Labute approximate surface area is 178 Å². The Bertz CT molecular complexity index is 1020. The van der Waals surface area contributed by atoms with Crippen LogP contribution >= 0.6 is 35.2 Å². The highest BCUT2D eigenvalue weighted by atomic mass is 35.5. The van der Waals surface area contributed by atoms with Crippen LogP contribution in [0.3, 0.4) is 0 Å². The lowest BCUT2D eigenvalue weighted by Crippen LogP contribution is -2.19. The van der Waals surface area contributed by atoms with Crippen LogP contribution in [0, 0.1) is 0 Å². The first kappa shape index (κ1) is 20.6. The quantitative estimate of drug-likeness (QED) is 0.344. The molecular weight excluding hydrogens is 412 g/mol. The number of methoxy groups -OCH3 is 1. The fraction of sp³-hybridized carbons (Fsp3) is 0.238. The number of esters is 1. The van der Waals surface area contributed by atoms with Gasteiger partial charge in [0.25, 0.3) is 0 Å². The van der Waals surface area contributed by atoms with Gasteiger partial charge in [0.15, 0.2) is 5.11 Å². The summed E-state index contributed by atoms with van der Waals surface area (Å²) < 4.78 is 5.68. The second-order valence-electron chi connectivity index (χ2n) is 6.29. The average Bonchev–Trinajstić information content (AvgIpc) is 3.02. The van der Waals surface area contributed by atoms with Crippen molar-refractivity contribution >= 4 is 67.7 Å². The van der Waals surface area contributed by atoms with Crippen LogP contribution in [0.5, 0.6) is 0 Å². The molecule has 7 heteroatoms. The van der Waals surface area contributed by atoms with Crippen molar-refractivity contribution < 1.29 is 9.53 Å². The number of thiocarbonyl (C=S) groups is 1. The smallest absolute Gasteiger partial charge is 0.349 e. The summed E-state index contributed by atoms with van der Waals surface area (Å²) in [5, 5.41) is 8.24. The van der Waals surface area contributed by atoms with Gasteiger partial charge >= 0.3 is 5.97 Å². The van der Waals surface area contributed by atoms with Gasteiger partial charge in [-0.25, -0.2) is 4.79 Å². The third kappa shape index (κ3) is 4.63. The zero-order valence-corrected chi connectivity index (χ0v) is 18.1. The molecule has 4 nitrogen and oxygen atoms in total. The third-order valence-electron chi connectivity index (χ3n) is 4.32. The number of benzene rings is 2. The molecule has 1 aromatic heterocycles. The van der Waals surface area contributed by atoms with Crippen LogP contribution in [0.15, 0.2) is 42.5 Å². The summed E-state index contributed by atoms with van der Waals surface area (Å²) in [5.41, 5.74) is 3.09. The molecule has 0 saturated heterocycles. The van der Waals surface area contributed by atoms with Crippen LogP contribution in [0.2, 0.25) is 5.02 Å². The van der Waals surface area contributed by atoms with Crippen LogP contribution in [-0.4, -0.2) is 18.2 Å². The second kappa shape index (κ2) is 9.37. The van der Waals surface area contributed by atoms with E-state index in [9.17, 15) is 4.79 Å². The number of ether oxygens (including phenoxy) is 1. The van der Waals surface area contributed by atoms with Crippen molar-refractivity contribution in [1.29, 1.82) is 0 Å². The fourth-order valence-corrected chi connectivity index (χ4v) is 4.57. The number of para-hydroxylation sites is 1. The normalized spacial score (nSPS) is 10.7. The number of aryl methyl sites for hydroxylation is 1. The second-order valence-corrected chi connectivity index (χ2v) is 8.13. The van der Waals surface area contributed by atoms with Crippen molar-refractivity contribution in [2.45, 2.75) is 26.2 Å². The number of fused-ring (bicyclic) bond motifs is 1. The van der Waals surface area contributed by atoms with E-state index in [1.165, 1.54) is 24.0 Å².